The maximum atomic E-state index is 12.5. The van der Waals surface area contributed by atoms with Gasteiger partial charge < -0.3 is 5.73 Å². The van der Waals surface area contributed by atoms with Crippen molar-refractivity contribution < 1.29 is 4.79 Å². The summed E-state index contributed by atoms with van der Waals surface area (Å²) in [4.78, 5) is 17.1. The Morgan fingerprint density at radius 2 is 1.90 bits per heavy atom. The molecule has 1 heterocycles. The van der Waals surface area contributed by atoms with E-state index in [9.17, 15) is 4.79 Å². The lowest BCUT2D eigenvalue weighted by molar-refractivity contribution is -0.123. The van der Waals surface area contributed by atoms with Crippen LogP contribution in [0.15, 0.2) is 36.4 Å². The van der Waals surface area contributed by atoms with Crippen LogP contribution in [0.4, 0.5) is 0 Å². The molecule has 110 valence electrons. The molecule has 2 aromatic rings. The zero-order chi connectivity index (χ0) is 14.7. The molecule has 2 atom stereocenters. The van der Waals surface area contributed by atoms with Crippen molar-refractivity contribution in [2.24, 2.45) is 11.7 Å². The van der Waals surface area contributed by atoms with Crippen LogP contribution < -0.4 is 5.73 Å². The monoisotopic (exact) mass is 282 g/mol. The quantitative estimate of drug-likeness (QED) is 0.879. The topological polar surface area (TPSA) is 56.0 Å². The highest BCUT2D eigenvalue weighted by atomic mass is 16.1. The summed E-state index contributed by atoms with van der Waals surface area (Å²) in [5, 5.41) is 1.11. The largest absolute Gasteiger partial charge is 0.327 e. The van der Waals surface area contributed by atoms with Crippen molar-refractivity contribution in [2.45, 2.75) is 44.6 Å². The summed E-state index contributed by atoms with van der Waals surface area (Å²) in [7, 11) is 0. The van der Waals surface area contributed by atoms with Gasteiger partial charge in [-0.3, -0.25) is 9.78 Å². The van der Waals surface area contributed by atoms with E-state index in [0.29, 0.717) is 6.42 Å². The lowest BCUT2D eigenvalue weighted by Gasteiger charge is -2.19. The van der Waals surface area contributed by atoms with E-state index < -0.39 is 0 Å². The van der Waals surface area contributed by atoms with Gasteiger partial charge in [-0.25, -0.2) is 0 Å². The normalized spacial score (nSPS) is 22.9. The van der Waals surface area contributed by atoms with Gasteiger partial charge in [-0.05, 0) is 25.0 Å². The van der Waals surface area contributed by atoms with Gasteiger partial charge in [-0.15, -0.1) is 0 Å². The van der Waals surface area contributed by atoms with Crippen LogP contribution in [0.2, 0.25) is 0 Å². The molecule has 1 aromatic heterocycles. The zero-order valence-corrected chi connectivity index (χ0v) is 12.3. The van der Waals surface area contributed by atoms with Gasteiger partial charge >= 0.3 is 0 Å². The van der Waals surface area contributed by atoms with Crippen LogP contribution in [0.3, 0.4) is 0 Å². The lowest BCUT2D eigenvalue weighted by atomic mass is 9.89. The zero-order valence-electron chi connectivity index (χ0n) is 12.3. The molecular weight excluding hydrogens is 260 g/mol. The van der Waals surface area contributed by atoms with Crippen LogP contribution in [0.1, 0.15) is 37.8 Å². The summed E-state index contributed by atoms with van der Waals surface area (Å²) in [5.41, 5.74) is 7.99. The Hall–Kier alpha value is -1.74. The number of nitrogens with zero attached hydrogens (tertiary/aromatic N) is 1. The first-order valence-corrected chi connectivity index (χ1v) is 7.87. The number of nitrogens with two attached hydrogens (primary N) is 1. The minimum absolute atomic E-state index is 0.0146. The number of hydrogen-bond donors (Lipinski definition) is 1. The minimum atomic E-state index is 0.0146. The third kappa shape index (κ3) is 3.30. The van der Waals surface area contributed by atoms with Crippen molar-refractivity contribution in [1.29, 1.82) is 0 Å². The summed E-state index contributed by atoms with van der Waals surface area (Å²) < 4.78 is 0. The number of benzene rings is 1. The number of aromatic nitrogens is 1. The summed E-state index contributed by atoms with van der Waals surface area (Å²) in [6, 6.07) is 12.0. The molecule has 1 aliphatic rings. The average Bonchev–Trinajstić information content (AvgIpc) is 2.71. The first kappa shape index (κ1) is 14.2. The van der Waals surface area contributed by atoms with E-state index in [-0.39, 0.29) is 17.7 Å². The van der Waals surface area contributed by atoms with E-state index in [1.54, 1.807) is 0 Å². The fourth-order valence-electron chi connectivity index (χ4n) is 3.25. The number of Topliss-reactive ketones (excluding diaryl/α,β-unsaturated/α-hetero) is 1. The Balaban J connectivity index is 1.75. The van der Waals surface area contributed by atoms with E-state index in [0.717, 1.165) is 42.3 Å². The Morgan fingerprint density at radius 3 is 2.81 bits per heavy atom. The van der Waals surface area contributed by atoms with Crippen LogP contribution in [-0.4, -0.2) is 16.8 Å². The predicted molar refractivity (Wildman–Crippen MR) is 85.0 cm³/mol. The molecular formula is C18H22N2O. The number of carbonyl (C=O) groups is 1. The number of rotatable bonds is 3. The summed E-state index contributed by atoms with van der Waals surface area (Å²) in [6.45, 7) is 0. The summed E-state index contributed by atoms with van der Waals surface area (Å²) in [5.74, 6) is 0.271. The highest BCUT2D eigenvalue weighted by molar-refractivity contribution is 5.85. The highest BCUT2D eigenvalue weighted by Gasteiger charge is 2.26. The van der Waals surface area contributed by atoms with Crippen molar-refractivity contribution in [2.75, 3.05) is 0 Å². The molecule has 0 saturated heterocycles. The molecule has 3 rings (SSSR count). The van der Waals surface area contributed by atoms with Crippen molar-refractivity contribution in [3.05, 3.63) is 42.1 Å². The number of para-hydroxylation sites is 1. The van der Waals surface area contributed by atoms with Gasteiger partial charge in [0.05, 0.1) is 5.52 Å². The van der Waals surface area contributed by atoms with Crippen LogP contribution in [-0.2, 0) is 11.2 Å². The molecule has 1 saturated carbocycles. The smallest absolute Gasteiger partial charge is 0.143 e. The highest BCUT2D eigenvalue weighted by Crippen LogP contribution is 2.24. The van der Waals surface area contributed by atoms with Gasteiger partial charge in [0.2, 0.25) is 0 Å². The Morgan fingerprint density at radius 1 is 1.10 bits per heavy atom. The molecule has 3 heteroatoms. The predicted octanol–water partition coefficient (Wildman–Crippen LogP) is 3.25. The van der Waals surface area contributed by atoms with Gasteiger partial charge in [0.15, 0.2) is 0 Å². The van der Waals surface area contributed by atoms with Crippen molar-refractivity contribution in [3.8, 4) is 0 Å². The molecule has 0 amide bonds. The maximum absolute atomic E-state index is 12.5. The number of carbonyl (C=O) groups excluding carboxylic acids is 1. The Labute approximate surface area is 125 Å². The van der Waals surface area contributed by atoms with Gasteiger partial charge in [0.1, 0.15) is 5.78 Å². The van der Waals surface area contributed by atoms with Crippen LogP contribution in [0.25, 0.3) is 10.9 Å². The third-order valence-electron chi connectivity index (χ3n) is 4.49. The van der Waals surface area contributed by atoms with Crippen LogP contribution in [0.5, 0.6) is 0 Å². The number of ketones is 1. The summed E-state index contributed by atoms with van der Waals surface area (Å²) in [6.07, 6.45) is 5.79. The average molecular weight is 282 g/mol. The van der Waals surface area contributed by atoms with Crippen molar-refractivity contribution >= 4 is 16.7 Å². The second-order valence-corrected chi connectivity index (χ2v) is 6.05. The number of hydrogen-bond acceptors (Lipinski definition) is 3. The first-order chi connectivity index (χ1) is 10.2. The van der Waals surface area contributed by atoms with Gasteiger partial charge in [0, 0.05) is 29.5 Å². The Kier molecular flexibility index (Phi) is 4.30. The van der Waals surface area contributed by atoms with E-state index in [4.69, 9.17) is 5.73 Å². The number of fused-ring (bicyclic) bond motifs is 1. The van der Waals surface area contributed by atoms with Gasteiger partial charge in [-0.1, -0.05) is 43.5 Å². The fraction of sp³-hybridized carbons (Fsp3) is 0.444. The molecule has 0 spiro atoms. The second kappa shape index (κ2) is 6.35. The molecule has 3 nitrogen and oxygen atoms in total. The van der Waals surface area contributed by atoms with Crippen molar-refractivity contribution in [3.63, 3.8) is 0 Å². The minimum Gasteiger partial charge on any atom is -0.327 e. The summed E-state index contributed by atoms with van der Waals surface area (Å²) >= 11 is 0. The van der Waals surface area contributed by atoms with E-state index in [1.807, 2.05) is 36.4 Å². The molecule has 2 unspecified atom stereocenters. The standard InChI is InChI=1S/C18H22N2O/c19-16-8-3-1-2-7-15(16)18(21)12-14-11-10-13-6-4-5-9-17(13)20-14/h4-6,9-11,15-16H,1-3,7-8,12,19H2. The van der Waals surface area contributed by atoms with Gasteiger partial charge in [-0.2, -0.15) is 0 Å². The Bertz CT molecular complexity index is 638. The van der Waals surface area contributed by atoms with Crippen LogP contribution >= 0.6 is 0 Å². The van der Waals surface area contributed by atoms with E-state index in [1.165, 1.54) is 6.42 Å². The molecule has 0 aliphatic heterocycles. The maximum Gasteiger partial charge on any atom is 0.143 e. The lowest BCUT2D eigenvalue weighted by Crippen LogP contribution is -2.35. The molecule has 0 radical (unpaired) electrons. The molecule has 21 heavy (non-hydrogen) atoms. The molecule has 1 fully saturated rings. The van der Waals surface area contributed by atoms with Crippen molar-refractivity contribution in [1.82, 2.24) is 4.98 Å². The van der Waals surface area contributed by atoms with Crippen LogP contribution in [0, 0.1) is 5.92 Å². The molecule has 1 aliphatic carbocycles. The SMILES string of the molecule is NC1CCCCCC1C(=O)Cc1ccc2ccccc2n1. The third-order valence-corrected chi connectivity index (χ3v) is 4.49. The number of pyridine rings is 1. The molecule has 2 N–H and O–H groups in total. The molecule has 0 bridgehead atoms. The van der Waals surface area contributed by atoms with E-state index >= 15 is 0 Å². The van der Waals surface area contributed by atoms with Gasteiger partial charge in [0.25, 0.3) is 0 Å². The fourth-order valence-corrected chi connectivity index (χ4v) is 3.25. The van der Waals surface area contributed by atoms with E-state index in [2.05, 4.69) is 4.98 Å². The second-order valence-electron chi connectivity index (χ2n) is 6.05. The first-order valence-electron chi connectivity index (χ1n) is 7.87. The molecule has 1 aromatic carbocycles.